The minimum absolute atomic E-state index is 0.0756. The van der Waals surface area contributed by atoms with Crippen molar-refractivity contribution in [2.45, 2.75) is 17.6 Å². The van der Waals surface area contributed by atoms with Gasteiger partial charge in [0.25, 0.3) is 0 Å². The highest BCUT2D eigenvalue weighted by molar-refractivity contribution is 7.89. The molecule has 1 aromatic heterocycles. The number of aromatic nitrogens is 2. The van der Waals surface area contributed by atoms with E-state index in [9.17, 15) is 21.6 Å². The van der Waals surface area contributed by atoms with Crippen LogP contribution in [0.25, 0.3) is 5.69 Å². The number of halogens is 3. The Hall–Kier alpha value is -2.65. The molecule has 0 atom stereocenters. The summed E-state index contributed by atoms with van der Waals surface area (Å²) in [6.45, 7) is -0.261. The third-order valence-electron chi connectivity index (χ3n) is 3.61. The van der Waals surface area contributed by atoms with Crippen LogP contribution in [0.2, 0.25) is 0 Å². The highest BCUT2D eigenvalue weighted by Gasteiger charge is 2.30. The quantitative estimate of drug-likeness (QED) is 0.737. The fourth-order valence-corrected chi connectivity index (χ4v) is 3.23. The number of benzene rings is 2. The van der Waals surface area contributed by atoms with Crippen LogP contribution in [0, 0.1) is 0 Å². The number of alkyl halides is 3. The van der Waals surface area contributed by atoms with Crippen LogP contribution in [0.5, 0.6) is 0 Å². The molecular formula is C17H14F3N3O2S. The Kier molecular flexibility index (Phi) is 4.84. The van der Waals surface area contributed by atoms with E-state index < -0.39 is 21.8 Å². The van der Waals surface area contributed by atoms with Crippen molar-refractivity contribution < 1.29 is 21.6 Å². The highest BCUT2D eigenvalue weighted by atomic mass is 32.2. The summed E-state index contributed by atoms with van der Waals surface area (Å²) in [5.41, 5.74) is 0.0665. The van der Waals surface area contributed by atoms with Crippen molar-refractivity contribution in [2.75, 3.05) is 0 Å². The van der Waals surface area contributed by atoms with Gasteiger partial charge in [-0.2, -0.15) is 18.3 Å². The fourth-order valence-electron chi connectivity index (χ4n) is 2.29. The number of sulfonamides is 1. The number of para-hydroxylation sites is 1. The van der Waals surface area contributed by atoms with Gasteiger partial charge in [-0.1, -0.05) is 36.4 Å². The molecule has 0 saturated heterocycles. The van der Waals surface area contributed by atoms with Crippen LogP contribution in [-0.2, 0) is 22.7 Å². The van der Waals surface area contributed by atoms with Crippen molar-refractivity contribution >= 4 is 10.0 Å². The number of hydrogen-bond acceptors (Lipinski definition) is 3. The van der Waals surface area contributed by atoms with E-state index in [4.69, 9.17) is 0 Å². The Morgan fingerprint density at radius 2 is 1.77 bits per heavy atom. The van der Waals surface area contributed by atoms with E-state index in [0.717, 1.165) is 12.1 Å². The summed E-state index contributed by atoms with van der Waals surface area (Å²) >= 11 is 0. The van der Waals surface area contributed by atoms with E-state index in [1.807, 2.05) is 6.07 Å². The van der Waals surface area contributed by atoms with Crippen LogP contribution in [0.1, 0.15) is 11.1 Å². The van der Waals surface area contributed by atoms with Crippen LogP contribution < -0.4 is 4.72 Å². The smallest absolute Gasteiger partial charge is 0.240 e. The molecule has 26 heavy (non-hydrogen) atoms. The molecule has 0 radical (unpaired) electrons. The second kappa shape index (κ2) is 6.93. The van der Waals surface area contributed by atoms with Crippen LogP contribution in [-0.4, -0.2) is 18.2 Å². The lowest BCUT2D eigenvalue weighted by Crippen LogP contribution is -2.23. The number of rotatable bonds is 5. The molecule has 1 N–H and O–H groups in total. The molecule has 0 spiro atoms. The van der Waals surface area contributed by atoms with E-state index in [1.54, 1.807) is 24.3 Å². The maximum atomic E-state index is 12.7. The van der Waals surface area contributed by atoms with Crippen molar-refractivity contribution in [3.8, 4) is 5.69 Å². The number of nitrogens with one attached hydrogen (secondary N) is 1. The molecule has 5 nitrogen and oxygen atoms in total. The normalized spacial score (nSPS) is 12.3. The monoisotopic (exact) mass is 381 g/mol. The average molecular weight is 381 g/mol. The molecule has 3 aromatic rings. The minimum Gasteiger partial charge on any atom is -0.240 e. The van der Waals surface area contributed by atoms with Gasteiger partial charge in [0.15, 0.2) is 0 Å². The third-order valence-corrected chi connectivity index (χ3v) is 4.97. The topological polar surface area (TPSA) is 64.0 Å². The highest BCUT2D eigenvalue weighted by Crippen LogP contribution is 2.29. The van der Waals surface area contributed by atoms with Gasteiger partial charge in [-0.05, 0) is 23.8 Å². The van der Waals surface area contributed by atoms with E-state index in [0.29, 0.717) is 5.69 Å². The molecule has 136 valence electrons. The van der Waals surface area contributed by atoms with Crippen molar-refractivity contribution in [1.29, 1.82) is 0 Å². The SMILES string of the molecule is O=S(=O)(NCc1cccc(C(F)(F)F)c1)c1cnn(-c2ccccc2)c1. The number of hydrogen-bond donors (Lipinski definition) is 1. The van der Waals surface area contributed by atoms with E-state index >= 15 is 0 Å². The molecule has 0 aliphatic rings. The summed E-state index contributed by atoms with van der Waals surface area (Å²) in [6.07, 6.45) is -1.96. The Labute approximate surface area is 148 Å². The zero-order valence-corrected chi connectivity index (χ0v) is 14.1. The summed E-state index contributed by atoms with van der Waals surface area (Å²) in [6, 6.07) is 13.4. The summed E-state index contributed by atoms with van der Waals surface area (Å²) in [7, 11) is -3.91. The molecule has 0 unspecified atom stereocenters. The van der Waals surface area contributed by atoms with Crippen molar-refractivity contribution in [2.24, 2.45) is 0 Å². The van der Waals surface area contributed by atoms with Gasteiger partial charge >= 0.3 is 6.18 Å². The molecule has 0 saturated carbocycles. The van der Waals surface area contributed by atoms with Crippen LogP contribution >= 0.6 is 0 Å². The first-order valence-electron chi connectivity index (χ1n) is 7.52. The van der Waals surface area contributed by atoms with Gasteiger partial charge in [0.05, 0.1) is 23.6 Å². The standard InChI is InChI=1S/C17H14F3N3O2S/c18-17(19,20)14-6-4-5-13(9-14)10-22-26(24,25)16-11-21-23(12-16)15-7-2-1-3-8-15/h1-9,11-12,22H,10H2. The van der Waals surface area contributed by atoms with E-state index in [2.05, 4.69) is 9.82 Å². The molecule has 0 aliphatic carbocycles. The Morgan fingerprint density at radius 1 is 1.04 bits per heavy atom. The molecule has 0 amide bonds. The van der Waals surface area contributed by atoms with Gasteiger partial charge in [0.1, 0.15) is 4.90 Å². The average Bonchev–Trinajstić information content (AvgIpc) is 3.12. The summed E-state index contributed by atoms with van der Waals surface area (Å²) in [5, 5.41) is 4.00. The maximum Gasteiger partial charge on any atom is 0.416 e. The predicted molar refractivity (Wildman–Crippen MR) is 89.0 cm³/mol. The molecule has 0 fully saturated rings. The van der Waals surface area contributed by atoms with Crippen molar-refractivity contribution in [1.82, 2.24) is 14.5 Å². The van der Waals surface area contributed by atoms with E-state index in [1.165, 1.54) is 29.2 Å². The van der Waals surface area contributed by atoms with Crippen LogP contribution in [0.3, 0.4) is 0 Å². The lowest BCUT2D eigenvalue weighted by Gasteiger charge is -2.09. The zero-order chi connectivity index (χ0) is 18.8. The molecule has 1 heterocycles. The maximum absolute atomic E-state index is 12.7. The molecule has 0 bridgehead atoms. The third kappa shape index (κ3) is 4.12. The fraction of sp³-hybridized carbons (Fsp3) is 0.118. The van der Waals surface area contributed by atoms with Gasteiger partial charge in [-0.15, -0.1) is 0 Å². The van der Waals surface area contributed by atoms with Gasteiger partial charge < -0.3 is 0 Å². The van der Waals surface area contributed by atoms with Crippen molar-refractivity contribution in [3.63, 3.8) is 0 Å². The van der Waals surface area contributed by atoms with Gasteiger partial charge in [-0.3, -0.25) is 0 Å². The lowest BCUT2D eigenvalue weighted by atomic mass is 10.1. The molecule has 2 aromatic carbocycles. The van der Waals surface area contributed by atoms with E-state index in [-0.39, 0.29) is 17.0 Å². The van der Waals surface area contributed by atoms with Gasteiger partial charge in [0.2, 0.25) is 10.0 Å². The van der Waals surface area contributed by atoms with Gasteiger partial charge in [0, 0.05) is 6.54 Å². The molecular weight excluding hydrogens is 367 g/mol. The van der Waals surface area contributed by atoms with Crippen LogP contribution in [0.4, 0.5) is 13.2 Å². The minimum atomic E-state index is -4.48. The first kappa shape index (κ1) is 18.2. The molecule has 3 rings (SSSR count). The second-order valence-corrected chi connectivity index (χ2v) is 7.25. The Bertz CT molecular complexity index is 999. The lowest BCUT2D eigenvalue weighted by molar-refractivity contribution is -0.137. The Morgan fingerprint density at radius 3 is 2.46 bits per heavy atom. The first-order chi connectivity index (χ1) is 12.3. The van der Waals surface area contributed by atoms with Crippen LogP contribution in [0.15, 0.2) is 71.9 Å². The summed E-state index contributed by atoms with van der Waals surface area (Å²) < 4.78 is 66.5. The summed E-state index contributed by atoms with van der Waals surface area (Å²) in [4.78, 5) is -0.0756. The molecule has 0 aliphatic heterocycles. The van der Waals surface area contributed by atoms with Gasteiger partial charge in [-0.25, -0.2) is 17.8 Å². The number of nitrogens with zero attached hydrogens (tertiary/aromatic N) is 2. The largest absolute Gasteiger partial charge is 0.416 e. The second-order valence-electron chi connectivity index (χ2n) is 5.48. The Balaban J connectivity index is 1.75. The van der Waals surface area contributed by atoms with Crippen molar-refractivity contribution in [3.05, 3.63) is 78.1 Å². The zero-order valence-electron chi connectivity index (χ0n) is 13.3. The predicted octanol–water partition coefficient (Wildman–Crippen LogP) is 3.37. The molecule has 9 heteroatoms. The first-order valence-corrected chi connectivity index (χ1v) is 9.00. The summed E-state index contributed by atoms with van der Waals surface area (Å²) in [5.74, 6) is 0.